The second-order valence-electron chi connectivity index (χ2n) is 11.5. The highest BCUT2D eigenvalue weighted by molar-refractivity contribution is 5.97. The van der Waals surface area contributed by atoms with Crippen LogP contribution >= 0.6 is 0 Å². The number of amides is 1. The third kappa shape index (κ3) is 6.16. The van der Waals surface area contributed by atoms with Crippen LogP contribution in [0.1, 0.15) is 74.4 Å². The lowest BCUT2D eigenvalue weighted by Crippen LogP contribution is -2.42. The molecule has 1 aliphatic carbocycles. The molecule has 38 heavy (non-hydrogen) atoms. The predicted octanol–water partition coefficient (Wildman–Crippen LogP) is 5.04. The Kier molecular flexibility index (Phi) is 7.11. The van der Waals surface area contributed by atoms with E-state index >= 15 is 0 Å². The molecule has 8 nitrogen and oxygen atoms in total. The highest BCUT2D eigenvalue weighted by atomic mass is 16.6. The Morgan fingerprint density at radius 1 is 1.08 bits per heavy atom. The molecule has 0 atom stereocenters. The maximum absolute atomic E-state index is 12.5. The van der Waals surface area contributed by atoms with E-state index in [1.807, 2.05) is 51.2 Å². The third-order valence-corrected chi connectivity index (χ3v) is 7.10. The molecular formula is C30H35N5O3. The van der Waals surface area contributed by atoms with Gasteiger partial charge in [-0.3, -0.25) is 4.79 Å². The highest BCUT2D eigenvalue weighted by Crippen LogP contribution is 2.33. The number of carbonyl (C=O) groups excluding carboxylic acids is 2. The van der Waals surface area contributed by atoms with Crippen LogP contribution in [0.3, 0.4) is 0 Å². The Balaban J connectivity index is 1.32. The van der Waals surface area contributed by atoms with Gasteiger partial charge in [-0.25, -0.2) is 14.8 Å². The third-order valence-electron chi connectivity index (χ3n) is 7.10. The number of piperidine rings is 1. The van der Waals surface area contributed by atoms with Gasteiger partial charge in [0.25, 0.3) is 0 Å². The summed E-state index contributed by atoms with van der Waals surface area (Å²) in [5.74, 6) is 7.98. The van der Waals surface area contributed by atoms with Gasteiger partial charge in [0.2, 0.25) is 0 Å². The zero-order valence-corrected chi connectivity index (χ0v) is 22.4. The van der Waals surface area contributed by atoms with Gasteiger partial charge in [-0.15, -0.1) is 0 Å². The molecule has 198 valence electrons. The number of nitrogens with two attached hydrogens (primary N) is 1. The van der Waals surface area contributed by atoms with Crippen molar-refractivity contribution in [2.45, 2.75) is 65.0 Å². The van der Waals surface area contributed by atoms with E-state index in [9.17, 15) is 9.59 Å². The van der Waals surface area contributed by atoms with Crippen molar-refractivity contribution in [2.75, 3.05) is 18.8 Å². The van der Waals surface area contributed by atoms with Crippen molar-refractivity contribution in [3.63, 3.8) is 0 Å². The van der Waals surface area contributed by atoms with Crippen molar-refractivity contribution in [3.8, 4) is 11.8 Å². The average molecular weight is 514 g/mol. The molecule has 1 aromatic carbocycles. The van der Waals surface area contributed by atoms with Crippen LogP contribution in [0, 0.1) is 23.7 Å². The van der Waals surface area contributed by atoms with Gasteiger partial charge in [-0.05, 0) is 70.4 Å². The maximum Gasteiger partial charge on any atom is 0.410 e. The Bertz CT molecular complexity index is 1410. The number of carbonyl (C=O) groups is 2. The molecule has 0 unspecified atom stereocenters. The first-order chi connectivity index (χ1) is 18.2. The molecule has 1 aliphatic heterocycles. The number of fused-ring (bicyclic) bond motifs is 1. The molecule has 2 aromatic heterocycles. The van der Waals surface area contributed by atoms with Gasteiger partial charge in [0, 0.05) is 43.4 Å². The van der Waals surface area contributed by atoms with E-state index < -0.39 is 5.60 Å². The lowest BCUT2D eigenvalue weighted by Gasteiger charge is -2.33. The van der Waals surface area contributed by atoms with E-state index in [2.05, 4.69) is 26.4 Å². The number of hydrogen-bond acceptors (Lipinski definition) is 6. The van der Waals surface area contributed by atoms with Crippen LogP contribution < -0.4 is 5.73 Å². The zero-order valence-electron chi connectivity index (χ0n) is 22.4. The monoisotopic (exact) mass is 513 g/mol. The fourth-order valence-electron chi connectivity index (χ4n) is 4.90. The normalized spacial score (nSPS) is 16.2. The molecule has 2 N–H and O–H groups in total. The second kappa shape index (κ2) is 10.5. The summed E-state index contributed by atoms with van der Waals surface area (Å²) >= 11 is 0. The molecule has 0 radical (unpaired) electrons. The molecule has 0 spiro atoms. The molecule has 2 aliphatic rings. The van der Waals surface area contributed by atoms with Crippen LogP contribution in [0.4, 0.5) is 10.6 Å². The van der Waals surface area contributed by atoms with Gasteiger partial charge in [-0.1, -0.05) is 24.0 Å². The Morgan fingerprint density at radius 3 is 2.55 bits per heavy atom. The minimum absolute atomic E-state index is 0.183. The Hall–Kier alpha value is -3.86. The van der Waals surface area contributed by atoms with Crippen LogP contribution in [0.2, 0.25) is 0 Å². The number of aromatic nitrogens is 3. The van der Waals surface area contributed by atoms with Crippen molar-refractivity contribution in [3.05, 3.63) is 53.5 Å². The van der Waals surface area contributed by atoms with Crippen LogP contribution in [0.15, 0.2) is 36.8 Å². The number of ketones is 1. The summed E-state index contributed by atoms with van der Waals surface area (Å²) in [6, 6.07) is 7.53. The minimum atomic E-state index is -0.498. The molecule has 5 rings (SSSR count). The van der Waals surface area contributed by atoms with Gasteiger partial charge < -0.3 is 19.9 Å². The number of rotatable bonds is 5. The van der Waals surface area contributed by atoms with Crippen molar-refractivity contribution in [1.82, 2.24) is 19.4 Å². The minimum Gasteiger partial charge on any atom is -0.444 e. The molecule has 2 fully saturated rings. The van der Waals surface area contributed by atoms with Gasteiger partial charge in [0.1, 0.15) is 23.4 Å². The lowest BCUT2D eigenvalue weighted by atomic mass is 9.97. The fraction of sp³-hybridized carbons (Fsp3) is 0.467. The number of nitrogen functional groups attached to an aromatic ring is 1. The quantitative estimate of drug-likeness (QED) is 0.379. The number of benzene rings is 1. The number of nitrogens with zero attached hydrogens (tertiary/aromatic N) is 4. The lowest BCUT2D eigenvalue weighted by molar-refractivity contribution is 0.0178. The van der Waals surface area contributed by atoms with E-state index in [0.29, 0.717) is 42.7 Å². The Morgan fingerprint density at radius 2 is 1.84 bits per heavy atom. The van der Waals surface area contributed by atoms with Gasteiger partial charge in [-0.2, -0.15) is 0 Å². The smallest absolute Gasteiger partial charge is 0.410 e. The van der Waals surface area contributed by atoms with Crippen LogP contribution in [0.5, 0.6) is 0 Å². The number of ether oxygens (including phenoxy) is 1. The molecule has 1 saturated heterocycles. The van der Waals surface area contributed by atoms with Gasteiger partial charge in [0.05, 0.1) is 10.9 Å². The van der Waals surface area contributed by atoms with Crippen LogP contribution in [0.25, 0.3) is 11.0 Å². The largest absolute Gasteiger partial charge is 0.444 e. The van der Waals surface area contributed by atoms with Gasteiger partial charge >= 0.3 is 6.09 Å². The van der Waals surface area contributed by atoms with Crippen molar-refractivity contribution in [2.24, 2.45) is 11.8 Å². The fourth-order valence-corrected chi connectivity index (χ4v) is 4.90. The first kappa shape index (κ1) is 25.8. The summed E-state index contributed by atoms with van der Waals surface area (Å²) < 4.78 is 7.62. The first-order valence-corrected chi connectivity index (χ1v) is 13.4. The second-order valence-corrected chi connectivity index (χ2v) is 11.5. The summed E-state index contributed by atoms with van der Waals surface area (Å²) in [6.07, 6.45) is 7.90. The van der Waals surface area contributed by atoms with E-state index in [1.54, 1.807) is 4.90 Å². The number of anilines is 1. The van der Waals surface area contributed by atoms with E-state index in [4.69, 9.17) is 10.5 Å². The molecular weight excluding hydrogens is 478 g/mol. The molecule has 3 aromatic rings. The molecule has 1 amide bonds. The SMILES string of the molecule is CC(C)(C)OC(=O)N1CCC(Cn2cc(C#Cc3cccc(C(=O)CC4CC4)c3)c3c(N)ncnc32)CC1. The molecule has 8 heteroatoms. The number of Topliss-reactive ketones (excluding diaryl/α,β-unsaturated/α-hetero) is 1. The zero-order chi connectivity index (χ0) is 26.9. The van der Waals surface area contributed by atoms with Crippen molar-refractivity contribution >= 4 is 28.7 Å². The topological polar surface area (TPSA) is 103 Å². The summed E-state index contributed by atoms with van der Waals surface area (Å²) in [7, 11) is 0. The van der Waals surface area contributed by atoms with E-state index in [0.717, 1.165) is 54.4 Å². The summed E-state index contributed by atoms with van der Waals surface area (Å²) in [4.78, 5) is 35.5. The number of hydrogen-bond donors (Lipinski definition) is 1. The van der Waals surface area contributed by atoms with E-state index in [-0.39, 0.29) is 11.9 Å². The molecule has 3 heterocycles. The van der Waals surface area contributed by atoms with Crippen molar-refractivity contribution in [1.29, 1.82) is 0 Å². The maximum atomic E-state index is 12.5. The highest BCUT2D eigenvalue weighted by Gasteiger charge is 2.28. The predicted molar refractivity (Wildman–Crippen MR) is 147 cm³/mol. The van der Waals surface area contributed by atoms with Gasteiger partial charge in [0.15, 0.2) is 5.78 Å². The summed E-state index contributed by atoms with van der Waals surface area (Å²) in [5.41, 5.74) is 8.78. The summed E-state index contributed by atoms with van der Waals surface area (Å²) in [5, 5.41) is 0.743. The van der Waals surface area contributed by atoms with Crippen LogP contribution in [-0.4, -0.2) is 50.0 Å². The Labute approximate surface area is 223 Å². The summed E-state index contributed by atoms with van der Waals surface area (Å²) in [6.45, 7) is 7.73. The number of likely N-dealkylation sites (tertiary alicyclic amines) is 1. The standard InChI is InChI=1S/C30H35N5O3/c1-30(2,3)38-29(37)34-13-11-22(12-14-34)17-35-18-24(26-27(31)32-19-33-28(26)35)10-9-20-5-4-6-23(15-20)25(36)16-21-7-8-21/h4-6,15,18-19,21-22H,7-8,11-14,16-17H2,1-3H3,(H2,31,32,33). The molecule has 1 saturated carbocycles. The van der Waals surface area contributed by atoms with Crippen molar-refractivity contribution < 1.29 is 14.3 Å². The molecule has 0 bridgehead atoms. The average Bonchev–Trinajstić information content (AvgIpc) is 3.62. The first-order valence-electron chi connectivity index (χ1n) is 13.4. The van der Waals surface area contributed by atoms with Crippen LogP contribution in [-0.2, 0) is 11.3 Å². The van der Waals surface area contributed by atoms with E-state index in [1.165, 1.54) is 6.33 Å².